The summed E-state index contributed by atoms with van der Waals surface area (Å²) in [4.78, 5) is 28.9. The van der Waals surface area contributed by atoms with Gasteiger partial charge in [-0.15, -0.1) is 0 Å². The number of nitrogens with one attached hydrogen (secondary N) is 2. The van der Waals surface area contributed by atoms with Gasteiger partial charge in [0.25, 0.3) is 11.5 Å². The smallest absolute Gasteiger partial charge is 0.270 e. The van der Waals surface area contributed by atoms with Crippen molar-refractivity contribution in [1.82, 2.24) is 15.3 Å². The number of benzene rings is 1. The van der Waals surface area contributed by atoms with E-state index < -0.39 is 0 Å². The Kier molecular flexibility index (Phi) is 3.92. The van der Waals surface area contributed by atoms with E-state index in [1.54, 1.807) is 7.11 Å². The van der Waals surface area contributed by atoms with Gasteiger partial charge in [-0.05, 0) is 17.7 Å². The first-order chi connectivity index (χ1) is 9.19. The molecule has 2 N–H and O–H groups in total. The standard InChI is InChI=1S/C13H13N3O3/c1-19-10-4-2-9(3-5-10)7-14-13(18)11-6-12(17)16-8-15-11/h2-6,8H,7H2,1H3,(H,14,18)(H,15,16,17). The van der Waals surface area contributed by atoms with E-state index in [1.165, 1.54) is 6.33 Å². The summed E-state index contributed by atoms with van der Waals surface area (Å²) in [7, 11) is 1.59. The highest BCUT2D eigenvalue weighted by molar-refractivity contribution is 5.91. The van der Waals surface area contributed by atoms with Gasteiger partial charge in [0.15, 0.2) is 0 Å². The van der Waals surface area contributed by atoms with E-state index in [-0.39, 0.29) is 17.2 Å². The van der Waals surface area contributed by atoms with Crippen molar-refractivity contribution in [2.45, 2.75) is 6.54 Å². The molecule has 1 heterocycles. The first-order valence-electron chi connectivity index (χ1n) is 5.65. The van der Waals surface area contributed by atoms with Gasteiger partial charge in [0, 0.05) is 12.6 Å². The van der Waals surface area contributed by atoms with Crippen LogP contribution >= 0.6 is 0 Å². The Bertz CT molecular complexity index is 620. The third kappa shape index (κ3) is 3.41. The molecule has 1 aromatic heterocycles. The van der Waals surface area contributed by atoms with E-state index in [1.807, 2.05) is 24.3 Å². The summed E-state index contributed by atoms with van der Waals surface area (Å²) in [6, 6.07) is 8.48. The van der Waals surface area contributed by atoms with E-state index in [4.69, 9.17) is 4.74 Å². The minimum Gasteiger partial charge on any atom is -0.497 e. The van der Waals surface area contributed by atoms with Crippen LogP contribution in [0.4, 0.5) is 0 Å². The molecule has 0 spiro atoms. The second-order valence-corrected chi connectivity index (χ2v) is 3.83. The van der Waals surface area contributed by atoms with Gasteiger partial charge in [-0.2, -0.15) is 0 Å². The van der Waals surface area contributed by atoms with Crippen LogP contribution < -0.4 is 15.6 Å². The lowest BCUT2D eigenvalue weighted by atomic mass is 10.2. The predicted molar refractivity (Wildman–Crippen MR) is 69.0 cm³/mol. The van der Waals surface area contributed by atoms with Crippen molar-refractivity contribution in [2.75, 3.05) is 7.11 Å². The summed E-state index contributed by atoms with van der Waals surface area (Å²) in [6.07, 6.45) is 1.20. The molecule has 0 unspecified atom stereocenters. The Labute approximate surface area is 109 Å². The molecule has 0 bridgehead atoms. The van der Waals surface area contributed by atoms with Crippen LogP contribution in [0.15, 0.2) is 41.5 Å². The highest BCUT2D eigenvalue weighted by atomic mass is 16.5. The Balaban J connectivity index is 1.98. The van der Waals surface area contributed by atoms with Crippen LogP contribution in [0.2, 0.25) is 0 Å². The van der Waals surface area contributed by atoms with Crippen molar-refractivity contribution in [1.29, 1.82) is 0 Å². The lowest BCUT2D eigenvalue weighted by molar-refractivity contribution is 0.0945. The van der Waals surface area contributed by atoms with E-state index in [0.29, 0.717) is 6.54 Å². The maximum Gasteiger partial charge on any atom is 0.270 e. The molecule has 6 heteroatoms. The number of aromatic nitrogens is 2. The van der Waals surface area contributed by atoms with Gasteiger partial charge in [-0.1, -0.05) is 12.1 Å². The third-order valence-corrected chi connectivity index (χ3v) is 2.52. The maximum absolute atomic E-state index is 11.7. The zero-order valence-electron chi connectivity index (χ0n) is 10.3. The first-order valence-corrected chi connectivity index (χ1v) is 5.65. The molecule has 1 aromatic carbocycles. The van der Waals surface area contributed by atoms with Gasteiger partial charge >= 0.3 is 0 Å². The van der Waals surface area contributed by atoms with Crippen molar-refractivity contribution in [3.05, 3.63) is 58.3 Å². The number of nitrogens with zero attached hydrogens (tertiary/aromatic N) is 1. The van der Waals surface area contributed by atoms with Crippen molar-refractivity contribution in [3.8, 4) is 5.75 Å². The summed E-state index contributed by atoms with van der Waals surface area (Å²) < 4.78 is 5.04. The number of carbonyl (C=O) groups is 1. The molecule has 0 aliphatic heterocycles. The molecule has 0 aliphatic carbocycles. The SMILES string of the molecule is COc1ccc(CNC(=O)c2cc(=O)[nH]cn2)cc1. The summed E-state index contributed by atoms with van der Waals surface area (Å²) in [5, 5.41) is 2.68. The van der Waals surface area contributed by atoms with E-state index in [9.17, 15) is 9.59 Å². The molecule has 0 saturated carbocycles. The number of H-pyrrole nitrogens is 1. The number of rotatable bonds is 4. The molecule has 1 amide bonds. The fourth-order valence-electron chi connectivity index (χ4n) is 1.51. The summed E-state index contributed by atoms with van der Waals surface area (Å²) in [5.41, 5.74) is 0.667. The maximum atomic E-state index is 11.7. The minimum atomic E-state index is -0.387. The van der Waals surface area contributed by atoms with Gasteiger partial charge in [-0.25, -0.2) is 4.98 Å². The van der Waals surface area contributed by atoms with Crippen LogP contribution in [0.3, 0.4) is 0 Å². The quantitative estimate of drug-likeness (QED) is 0.847. The molecular weight excluding hydrogens is 246 g/mol. The van der Waals surface area contributed by atoms with Crippen LogP contribution in [-0.4, -0.2) is 23.0 Å². The van der Waals surface area contributed by atoms with Crippen LogP contribution in [0.5, 0.6) is 5.75 Å². The third-order valence-electron chi connectivity index (χ3n) is 2.52. The zero-order valence-corrected chi connectivity index (χ0v) is 10.3. The van der Waals surface area contributed by atoms with Crippen molar-refractivity contribution < 1.29 is 9.53 Å². The van der Waals surface area contributed by atoms with E-state index in [0.717, 1.165) is 17.4 Å². The highest BCUT2D eigenvalue weighted by Gasteiger charge is 2.07. The van der Waals surface area contributed by atoms with Crippen molar-refractivity contribution in [3.63, 3.8) is 0 Å². The number of carbonyl (C=O) groups excluding carboxylic acids is 1. The summed E-state index contributed by atoms with van der Waals surface area (Å²) >= 11 is 0. The molecule has 2 aromatic rings. The number of amides is 1. The first kappa shape index (κ1) is 12.8. The number of aromatic amines is 1. The Morgan fingerprint density at radius 2 is 2.11 bits per heavy atom. The van der Waals surface area contributed by atoms with Gasteiger partial charge in [0.05, 0.1) is 13.4 Å². The van der Waals surface area contributed by atoms with Gasteiger partial charge in [0.1, 0.15) is 11.4 Å². The molecule has 2 rings (SSSR count). The lowest BCUT2D eigenvalue weighted by Gasteiger charge is -2.05. The molecule has 6 nitrogen and oxygen atoms in total. The largest absolute Gasteiger partial charge is 0.497 e. The van der Waals surface area contributed by atoms with Crippen LogP contribution in [0.1, 0.15) is 16.1 Å². The Morgan fingerprint density at radius 3 is 2.74 bits per heavy atom. The average molecular weight is 259 g/mol. The summed E-state index contributed by atoms with van der Waals surface area (Å²) in [5.74, 6) is 0.369. The van der Waals surface area contributed by atoms with Crippen LogP contribution in [0, 0.1) is 0 Å². The Morgan fingerprint density at radius 1 is 1.37 bits per heavy atom. The zero-order chi connectivity index (χ0) is 13.7. The monoisotopic (exact) mass is 259 g/mol. The van der Waals surface area contributed by atoms with Crippen molar-refractivity contribution >= 4 is 5.91 Å². The van der Waals surface area contributed by atoms with Gasteiger partial charge in [-0.3, -0.25) is 9.59 Å². The number of hydrogen-bond acceptors (Lipinski definition) is 4. The Hall–Kier alpha value is -2.63. The second kappa shape index (κ2) is 5.81. The minimum absolute atomic E-state index is 0.0947. The fourth-order valence-corrected chi connectivity index (χ4v) is 1.51. The molecule has 0 saturated heterocycles. The molecule has 19 heavy (non-hydrogen) atoms. The van der Waals surface area contributed by atoms with Crippen LogP contribution in [-0.2, 0) is 6.54 Å². The molecule has 0 radical (unpaired) electrons. The van der Waals surface area contributed by atoms with Gasteiger partial charge in [0.2, 0.25) is 0 Å². The number of ether oxygens (including phenoxy) is 1. The van der Waals surface area contributed by atoms with Crippen molar-refractivity contribution in [2.24, 2.45) is 0 Å². The highest BCUT2D eigenvalue weighted by Crippen LogP contribution is 2.10. The van der Waals surface area contributed by atoms with E-state index in [2.05, 4.69) is 15.3 Å². The molecule has 0 atom stereocenters. The summed E-state index contributed by atoms with van der Waals surface area (Å²) in [6.45, 7) is 0.358. The van der Waals surface area contributed by atoms with E-state index >= 15 is 0 Å². The topological polar surface area (TPSA) is 84.1 Å². The molecule has 98 valence electrons. The molecule has 0 aliphatic rings. The normalized spacial score (nSPS) is 9.95. The molecule has 0 fully saturated rings. The number of methoxy groups -OCH3 is 1. The second-order valence-electron chi connectivity index (χ2n) is 3.83. The van der Waals surface area contributed by atoms with Gasteiger partial charge < -0.3 is 15.0 Å². The lowest BCUT2D eigenvalue weighted by Crippen LogP contribution is -2.25. The average Bonchev–Trinajstić information content (AvgIpc) is 2.45. The molecular formula is C13H13N3O3. The van der Waals surface area contributed by atoms with Crippen LogP contribution in [0.25, 0.3) is 0 Å². The number of hydrogen-bond donors (Lipinski definition) is 2. The predicted octanol–water partition coefficient (Wildman–Crippen LogP) is 0.708. The fraction of sp³-hybridized carbons (Fsp3) is 0.154.